The second-order valence-corrected chi connectivity index (χ2v) is 8.42. The smallest absolute Gasteiger partial charge is 0.285 e. The van der Waals surface area contributed by atoms with E-state index in [1.165, 1.54) is 36.4 Å². The van der Waals surface area contributed by atoms with Crippen molar-refractivity contribution in [1.29, 1.82) is 0 Å². The Morgan fingerprint density at radius 2 is 1.96 bits per heavy atom. The second-order valence-electron chi connectivity index (χ2n) is 5.37. The maximum Gasteiger partial charge on any atom is 0.285 e. The number of aromatic nitrogens is 1. The molecule has 0 saturated heterocycles. The van der Waals surface area contributed by atoms with E-state index >= 15 is 0 Å². The summed E-state index contributed by atoms with van der Waals surface area (Å²) in [5, 5.41) is 0.438. The number of hydrogen-bond acceptors (Lipinski definition) is 4. The van der Waals surface area contributed by atoms with Crippen molar-refractivity contribution >= 4 is 43.2 Å². The lowest BCUT2D eigenvalue weighted by molar-refractivity contribution is 0.139. The fourth-order valence-electron chi connectivity index (χ4n) is 2.40. The molecule has 0 N–H and O–H groups in total. The van der Waals surface area contributed by atoms with Crippen LogP contribution in [0.5, 0.6) is 0 Å². The lowest BCUT2D eigenvalue weighted by Gasteiger charge is -2.05. The Balaban J connectivity index is 2.14. The Morgan fingerprint density at radius 1 is 1.23 bits per heavy atom. The van der Waals surface area contributed by atoms with Gasteiger partial charge in [-0.15, -0.1) is 4.40 Å². The van der Waals surface area contributed by atoms with Gasteiger partial charge in [0.15, 0.2) is 0 Å². The summed E-state index contributed by atoms with van der Waals surface area (Å²) in [6.45, 7) is 3.23. The molecule has 0 amide bonds. The van der Waals surface area contributed by atoms with Crippen LogP contribution in [0.4, 0.5) is 4.39 Å². The number of ether oxygens (including phenoxy) is 1. The van der Waals surface area contributed by atoms with Gasteiger partial charge in [0.05, 0.1) is 21.7 Å². The Kier molecular flexibility index (Phi) is 5.76. The van der Waals surface area contributed by atoms with Crippen LogP contribution in [-0.4, -0.2) is 26.2 Å². The zero-order valence-electron chi connectivity index (χ0n) is 13.9. The van der Waals surface area contributed by atoms with E-state index in [-0.39, 0.29) is 15.5 Å². The van der Waals surface area contributed by atoms with Crippen LogP contribution < -0.4 is 4.80 Å². The summed E-state index contributed by atoms with van der Waals surface area (Å²) in [6, 6.07) is 10.1. The van der Waals surface area contributed by atoms with Crippen molar-refractivity contribution in [1.82, 2.24) is 4.57 Å². The van der Waals surface area contributed by atoms with Crippen LogP contribution in [0.3, 0.4) is 0 Å². The van der Waals surface area contributed by atoms with E-state index in [0.717, 1.165) is 11.3 Å². The summed E-state index contributed by atoms with van der Waals surface area (Å²) in [7, 11) is -3.92. The van der Waals surface area contributed by atoms with Crippen LogP contribution in [0, 0.1) is 5.82 Å². The van der Waals surface area contributed by atoms with Gasteiger partial charge >= 0.3 is 0 Å². The van der Waals surface area contributed by atoms with Crippen LogP contribution in [0.15, 0.2) is 51.8 Å². The maximum absolute atomic E-state index is 13.5. The van der Waals surface area contributed by atoms with E-state index in [1.807, 2.05) is 6.92 Å². The lowest BCUT2D eigenvalue weighted by Crippen LogP contribution is -2.19. The van der Waals surface area contributed by atoms with Crippen LogP contribution in [0.25, 0.3) is 10.2 Å². The number of sulfonamides is 1. The molecule has 26 heavy (non-hydrogen) atoms. The summed E-state index contributed by atoms with van der Waals surface area (Å²) in [6.07, 6.45) is 0. The molecule has 1 aromatic heterocycles. The highest BCUT2D eigenvalue weighted by Gasteiger charge is 2.15. The molecule has 2 aromatic carbocycles. The highest BCUT2D eigenvalue weighted by atomic mass is 35.5. The first kappa shape index (κ1) is 19.0. The molecule has 3 aromatic rings. The molecule has 0 aliphatic rings. The Morgan fingerprint density at radius 3 is 2.65 bits per heavy atom. The minimum atomic E-state index is -3.92. The zero-order chi connectivity index (χ0) is 18.7. The third-order valence-electron chi connectivity index (χ3n) is 3.62. The molecule has 0 saturated carbocycles. The molecule has 0 bridgehead atoms. The predicted molar refractivity (Wildman–Crippen MR) is 100 cm³/mol. The Hall–Kier alpha value is -1.74. The standard InChI is InChI=1S/C17H16ClFN2O3S2/c1-2-24-10-9-21-15-8-5-13(19)11-16(15)25-17(21)20-26(22,23)14-6-3-12(18)4-7-14/h3-8,11H,2,9-10H2,1H3/b20-17-. The number of halogens is 2. The first-order valence-corrected chi connectivity index (χ1v) is 10.5. The SMILES string of the molecule is CCOCCn1/c(=N/S(=O)(=O)c2ccc(Cl)cc2)sc2cc(F)ccc21. The van der Waals surface area contributed by atoms with Gasteiger partial charge in [-0.2, -0.15) is 8.42 Å². The monoisotopic (exact) mass is 414 g/mol. The van der Waals surface area contributed by atoms with Gasteiger partial charge in [0.1, 0.15) is 5.82 Å². The minimum absolute atomic E-state index is 0.0434. The number of nitrogens with zero attached hydrogens (tertiary/aromatic N) is 2. The molecule has 0 spiro atoms. The van der Waals surface area contributed by atoms with Gasteiger partial charge < -0.3 is 9.30 Å². The summed E-state index contributed by atoms with van der Waals surface area (Å²) in [5.74, 6) is -0.386. The van der Waals surface area contributed by atoms with E-state index in [9.17, 15) is 12.8 Å². The van der Waals surface area contributed by atoms with Crippen molar-refractivity contribution in [3.05, 3.63) is 58.1 Å². The van der Waals surface area contributed by atoms with Crippen molar-refractivity contribution in [2.45, 2.75) is 18.4 Å². The molecule has 0 atom stereocenters. The fraction of sp³-hybridized carbons (Fsp3) is 0.235. The number of thiazole rings is 1. The van der Waals surface area contributed by atoms with E-state index in [1.54, 1.807) is 10.6 Å². The van der Waals surface area contributed by atoms with Crippen molar-refractivity contribution < 1.29 is 17.5 Å². The highest BCUT2D eigenvalue weighted by Crippen LogP contribution is 2.20. The van der Waals surface area contributed by atoms with E-state index in [2.05, 4.69) is 4.40 Å². The molecule has 0 fully saturated rings. The van der Waals surface area contributed by atoms with Gasteiger partial charge in [0, 0.05) is 18.2 Å². The van der Waals surface area contributed by atoms with Crippen LogP contribution in [0.2, 0.25) is 5.02 Å². The molecule has 3 rings (SSSR count). The molecule has 0 radical (unpaired) electrons. The third-order valence-corrected chi connectivity index (χ3v) is 6.31. The van der Waals surface area contributed by atoms with Gasteiger partial charge in [0.2, 0.25) is 4.80 Å². The number of rotatable bonds is 6. The minimum Gasteiger partial charge on any atom is -0.380 e. The molecule has 0 aliphatic carbocycles. The van der Waals surface area contributed by atoms with Gasteiger partial charge in [-0.3, -0.25) is 0 Å². The first-order valence-electron chi connectivity index (χ1n) is 7.84. The zero-order valence-corrected chi connectivity index (χ0v) is 16.2. The van der Waals surface area contributed by atoms with Gasteiger partial charge in [-0.05, 0) is 49.4 Å². The van der Waals surface area contributed by atoms with Gasteiger partial charge in [-0.1, -0.05) is 22.9 Å². The molecule has 0 aliphatic heterocycles. The predicted octanol–water partition coefficient (Wildman–Crippen LogP) is 3.82. The van der Waals surface area contributed by atoms with Gasteiger partial charge in [0.25, 0.3) is 10.0 Å². The molecule has 138 valence electrons. The quantitative estimate of drug-likeness (QED) is 0.576. The Labute approximate surface area is 159 Å². The van der Waals surface area contributed by atoms with Crippen molar-refractivity contribution in [2.75, 3.05) is 13.2 Å². The average molecular weight is 415 g/mol. The Bertz CT molecular complexity index is 1090. The summed E-state index contributed by atoms with van der Waals surface area (Å²) < 4.78 is 50.4. The third kappa shape index (κ3) is 4.15. The summed E-state index contributed by atoms with van der Waals surface area (Å²) in [4.78, 5) is 0.308. The fourth-order valence-corrected chi connectivity index (χ4v) is 4.81. The second kappa shape index (κ2) is 7.87. The van der Waals surface area contributed by atoms with Crippen molar-refractivity contribution in [3.63, 3.8) is 0 Å². The van der Waals surface area contributed by atoms with Crippen LogP contribution in [0.1, 0.15) is 6.92 Å². The topological polar surface area (TPSA) is 60.7 Å². The number of benzene rings is 2. The maximum atomic E-state index is 13.5. The lowest BCUT2D eigenvalue weighted by atomic mass is 10.3. The molecule has 9 heteroatoms. The van der Waals surface area contributed by atoms with Crippen molar-refractivity contribution in [3.8, 4) is 0 Å². The highest BCUT2D eigenvalue weighted by molar-refractivity contribution is 7.90. The number of fused-ring (bicyclic) bond motifs is 1. The normalized spacial score (nSPS) is 12.8. The molecule has 1 heterocycles. The van der Waals surface area contributed by atoms with Crippen molar-refractivity contribution in [2.24, 2.45) is 4.40 Å². The van der Waals surface area contributed by atoms with Gasteiger partial charge in [-0.25, -0.2) is 4.39 Å². The summed E-state index contributed by atoms with van der Waals surface area (Å²) >= 11 is 6.93. The van der Waals surface area contributed by atoms with E-state index in [0.29, 0.717) is 35.0 Å². The molecular weight excluding hydrogens is 399 g/mol. The molecule has 0 unspecified atom stereocenters. The van der Waals surface area contributed by atoms with Crippen LogP contribution >= 0.6 is 22.9 Å². The van der Waals surface area contributed by atoms with Crippen LogP contribution in [-0.2, 0) is 21.3 Å². The molecular formula is C17H16ClFN2O3S2. The number of hydrogen-bond donors (Lipinski definition) is 0. The first-order chi connectivity index (χ1) is 12.4. The largest absolute Gasteiger partial charge is 0.380 e. The van der Waals surface area contributed by atoms with E-state index in [4.69, 9.17) is 16.3 Å². The molecule has 5 nitrogen and oxygen atoms in total. The van der Waals surface area contributed by atoms with E-state index < -0.39 is 10.0 Å². The average Bonchev–Trinajstić information content (AvgIpc) is 2.91. The summed E-state index contributed by atoms with van der Waals surface area (Å²) in [5.41, 5.74) is 0.709.